The second-order valence-electron chi connectivity index (χ2n) is 8.11. The molecule has 0 fully saturated rings. The maximum atomic E-state index is 11.6. The molecule has 0 saturated heterocycles. The first-order valence-corrected chi connectivity index (χ1v) is 11.2. The Balaban J connectivity index is 1.25. The maximum Gasteiger partial charge on any atom is 0.337 e. The third kappa shape index (κ3) is 6.12. The zero-order chi connectivity index (χ0) is 23.0. The summed E-state index contributed by atoms with van der Waals surface area (Å²) in [4.78, 5) is 11.6. The van der Waals surface area contributed by atoms with Crippen LogP contribution in [0.3, 0.4) is 0 Å². The summed E-state index contributed by atoms with van der Waals surface area (Å²) in [6.07, 6.45) is 1.30. The first-order valence-electron chi connectivity index (χ1n) is 11.2. The van der Waals surface area contributed by atoms with E-state index in [9.17, 15) is 9.90 Å². The largest absolute Gasteiger partial charge is 0.491 e. The molecule has 6 heteroatoms. The maximum absolute atomic E-state index is 11.6. The van der Waals surface area contributed by atoms with E-state index < -0.39 is 6.10 Å². The third-order valence-electron chi connectivity index (χ3n) is 5.67. The van der Waals surface area contributed by atoms with Gasteiger partial charge in [0.1, 0.15) is 30.3 Å². The molecule has 3 aromatic rings. The van der Waals surface area contributed by atoms with E-state index in [0.717, 1.165) is 35.5 Å². The summed E-state index contributed by atoms with van der Waals surface area (Å²) < 4.78 is 16.5. The van der Waals surface area contributed by atoms with Gasteiger partial charge < -0.3 is 24.6 Å². The van der Waals surface area contributed by atoms with Gasteiger partial charge in [0.25, 0.3) is 0 Å². The summed E-state index contributed by atoms with van der Waals surface area (Å²) in [7, 11) is 1.38. The van der Waals surface area contributed by atoms with Crippen LogP contribution in [0.2, 0.25) is 0 Å². The molecule has 1 aliphatic rings. The number of nitrogens with one attached hydrogen (secondary N) is 1. The van der Waals surface area contributed by atoms with Crippen molar-refractivity contribution in [1.82, 2.24) is 5.32 Å². The minimum atomic E-state index is -0.589. The average molecular weight is 448 g/mol. The molecule has 0 amide bonds. The number of fused-ring (bicyclic) bond motifs is 1. The number of hydrogen-bond acceptors (Lipinski definition) is 6. The number of esters is 1. The number of ether oxygens (including phenoxy) is 3. The Morgan fingerprint density at radius 2 is 1.85 bits per heavy atom. The number of rotatable bonds is 9. The Morgan fingerprint density at radius 3 is 2.61 bits per heavy atom. The number of para-hydroxylation sites is 1. The molecule has 172 valence electrons. The van der Waals surface area contributed by atoms with E-state index in [4.69, 9.17) is 14.2 Å². The van der Waals surface area contributed by atoms with Crippen molar-refractivity contribution in [3.8, 4) is 22.6 Å². The lowest BCUT2D eigenvalue weighted by atomic mass is 9.96. The molecule has 0 spiro atoms. The number of hydrogen-bond donors (Lipinski definition) is 2. The van der Waals surface area contributed by atoms with Gasteiger partial charge in [-0.15, -0.1) is 0 Å². The Labute approximate surface area is 194 Å². The van der Waals surface area contributed by atoms with Crippen molar-refractivity contribution >= 4 is 5.97 Å². The molecule has 0 bridgehead atoms. The molecule has 1 aliphatic heterocycles. The lowest BCUT2D eigenvalue weighted by Crippen LogP contribution is -2.39. The van der Waals surface area contributed by atoms with Crippen molar-refractivity contribution in [3.05, 3.63) is 83.9 Å². The first-order chi connectivity index (χ1) is 16.1. The predicted octanol–water partition coefficient (Wildman–Crippen LogP) is 3.86. The highest BCUT2D eigenvalue weighted by Crippen LogP contribution is 2.32. The number of aliphatic hydroxyl groups is 1. The summed E-state index contributed by atoms with van der Waals surface area (Å²) in [5, 5.41) is 13.4. The van der Waals surface area contributed by atoms with E-state index in [1.165, 1.54) is 12.7 Å². The summed E-state index contributed by atoms with van der Waals surface area (Å²) in [5.74, 6) is 1.31. The smallest absolute Gasteiger partial charge is 0.337 e. The predicted molar refractivity (Wildman–Crippen MR) is 127 cm³/mol. The van der Waals surface area contributed by atoms with Crippen LogP contribution in [-0.4, -0.2) is 50.1 Å². The third-order valence-corrected chi connectivity index (χ3v) is 5.67. The number of carbonyl (C=O) groups excluding carboxylic acids is 1. The van der Waals surface area contributed by atoms with E-state index in [2.05, 4.69) is 11.4 Å². The molecule has 0 saturated carbocycles. The lowest BCUT2D eigenvalue weighted by molar-refractivity contribution is 0.0600. The molecule has 33 heavy (non-hydrogen) atoms. The molecule has 6 nitrogen and oxygen atoms in total. The Hall–Kier alpha value is -3.35. The zero-order valence-electron chi connectivity index (χ0n) is 18.7. The molecule has 2 N–H and O–H groups in total. The summed E-state index contributed by atoms with van der Waals surface area (Å²) in [6.45, 7) is 1.35. The van der Waals surface area contributed by atoms with Crippen LogP contribution in [0.4, 0.5) is 0 Å². The summed E-state index contributed by atoms with van der Waals surface area (Å²) in [6, 6.07) is 23.1. The number of aryl methyl sites for hydroxylation is 1. The fourth-order valence-corrected chi connectivity index (χ4v) is 3.86. The van der Waals surface area contributed by atoms with E-state index in [-0.39, 0.29) is 18.7 Å². The van der Waals surface area contributed by atoms with Crippen molar-refractivity contribution in [1.29, 1.82) is 0 Å². The van der Waals surface area contributed by atoms with Crippen LogP contribution in [-0.2, 0) is 11.2 Å². The van der Waals surface area contributed by atoms with Crippen molar-refractivity contribution in [2.45, 2.75) is 25.0 Å². The van der Waals surface area contributed by atoms with Gasteiger partial charge in [-0.3, -0.25) is 0 Å². The molecular weight excluding hydrogens is 418 g/mol. The van der Waals surface area contributed by atoms with E-state index in [0.29, 0.717) is 18.7 Å². The number of benzene rings is 3. The van der Waals surface area contributed by atoms with E-state index in [1.54, 1.807) is 12.1 Å². The highest BCUT2D eigenvalue weighted by molar-refractivity contribution is 5.90. The highest BCUT2D eigenvalue weighted by Gasteiger charge is 2.20. The van der Waals surface area contributed by atoms with Crippen molar-refractivity contribution < 1.29 is 24.1 Å². The summed E-state index contributed by atoms with van der Waals surface area (Å²) >= 11 is 0. The standard InChI is InChI=1S/C27H29NO5/c1-31-27(30)20-9-7-19(8-10-20)21-12-14-26-22(15-21)11-13-25(33-26)17-28-16-23(29)18-32-24-5-3-2-4-6-24/h2-10,12,14-15,23,25,28-29H,11,13,16-18H2,1H3/t23-,25+/m0/s1. The monoisotopic (exact) mass is 447 g/mol. The Morgan fingerprint density at radius 1 is 1.09 bits per heavy atom. The Kier molecular flexibility index (Phi) is 7.60. The molecule has 0 aliphatic carbocycles. The van der Waals surface area contributed by atoms with Gasteiger partial charge in [-0.25, -0.2) is 4.79 Å². The second kappa shape index (κ2) is 11.0. The van der Waals surface area contributed by atoms with E-state index >= 15 is 0 Å². The van der Waals surface area contributed by atoms with Gasteiger partial charge in [-0.2, -0.15) is 0 Å². The first kappa shape index (κ1) is 22.8. The van der Waals surface area contributed by atoms with E-state index in [1.807, 2.05) is 54.6 Å². The van der Waals surface area contributed by atoms with Gasteiger partial charge in [0, 0.05) is 13.1 Å². The molecule has 4 rings (SSSR count). The van der Waals surface area contributed by atoms with Crippen LogP contribution < -0.4 is 14.8 Å². The quantitative estimate of drug-likeness (QED) is 0.485. The normalized spacial score (nSPS) is 15.8. The fraction of sp³-hybridized carbons (Fsp3) is 0.296. The number of aliphatic hydroxyl groups excluding tert-OH is 1. The molecular formula is C27H29NO5. The lowest BCUT2D eigenvalue weighted by Gasteiger charge is -2.27. The van der Waals surface area contributed by atoms with Crippen molar-refractivity contribution in [2.24, 2.45) is 0 Å². The van der Waals surface area contributed by atoms with Crippen LogP contribution >= 0.6 is 0 Å². The molecule has 0 aromatic heterocycles. The van der Waals surface area contributed by atoms with Gasteiger partial charge in [0.05, 0.1) is 12.7 Å². The van der Waals surface area contributed by atoms with Crippen LogP contribution in [0.15, 0.2) is 72.8 Å². The molecule has 0 unspecified atom stereocenters. The number of methoxy groups -OCH3 is 1. The summed E-state index contributed by atoms with van der Waals surface area (Å²) in [5.41, 5.74) is 3.85. The van der Waals surface area contributed by atoms with Gasteiger partial charge in [0.2, 0.25) is 0 Å². The van der Waals surface area contributed by atoms with Gasteiger partial charge in [0.15, 0.2) is 0 Å². The average Bonchev–Trinajstić information content (AvgIpc) is 2.87. The van der Waals surface area contributed by atoms with Gasteiger partial charge in [-0.05, 0) is 65.9 Å². The van der Waals surface area contributed by atoms with Crippen LogP contribution in [0, 0.1) is 0 Å². The van der Waals surface area contributed by atoms with Crippen molar-refractivity contribution in [3.63, 3.8) is 0 Å². The van der Waals surface area contributed by atoms with Crippen LogP contribution in [0.1, 0.15) is 22.3 Å². The van der Waals surface area contributed by atoms with Crippen LogP contribution in [0.5, 0.6) is 11.5 Å². The minimum absolute atomic E-state index is 0.0601. The highest BCUT2D eigenvalue weighted by atomic mass is 16.5. The van der Waals surface area contributed by atoms with Crippen LogP contribution in [0.25, 0.3) is 11.1 Å². The zero-order valence-corrected chi connectivity index (χ0v) is 18.7. The Bertz CT molecular complexity index is 1050. The molecule has 0 radical (unpaired) electrons. The SMILES string of the molecule is COC(=O)c1ccc(-c2ccc3c(c2)CC[C@H](CNC[C@H](O)COc2ccccc2)O3)cc1. The van der Waals surface area contributed by atoms with Crippen molar-refractivity contribution in [2.75, 3.05) is 26.8 Å². The molecule has 1 heterocycles. The second-order valence-corrected chi connectivity index (χ2v) is 8.11. The van der Waals surface area contributed by atoms with Gasteiger partial charge >= 0.3 is 5.97 Å². The number of carbonyl (C=O) groups is 1. The van der Waals surface area contributed by atoms with Gasteiger partial charge in [-0.1, -0.05) is 36.4 Å². The molecule has 2 atom stereocenters. The minimum Gasteiger partial charge on any atom is -0.491 e. The molecule has 3 aromatic carbocycles. The topological polar surface area (TPSA) is 77.0 Å². The fourth-order valence-electron chi connectivity index (χ4n) is 3.86.